The van der Waals surface area contributed by atoms with Crippen molar-refractivity contribution in [2.45, 2.75) is 25.4 Å². The Morgan fingerprint density at radius 3 is 2.93 bits per heavy atom. The molecule has 1 amide bonds. The lowest BCUT2D eigenvalue weighted by atomic mass is 9.84. The highest BCUT2D eigenvalue weighted by Crippen LogP contribution is 2.31. The number of amides is 1. The van der Waals surface area contributed by atoms with E-state index in [9.17, 15) is 9.59 Å². The smallest absolute Gasteiger partial charge is 0.263 e. The summed E-state index contributed by atoms with van der Waals surface area (Å²) in [6, 6.07) is 7.08. The van der Waals surface area contributed by atoms with Gasteiger partial charge in [0.25, 0.3) is 11.5 Å². The van der Waals surface area contributed by atoms with Crippen LogP contribution in [0.5, 0.6) is 5.75 Å². The summed E-state index contributed by atoms with van der Waals surface area (Å²) in [5, 5.41) is 6.20. The lowest BCUT2D eigenvalue weighted by molar-refractivity contribution is 0.0947. The van der Waals surface area contributed by atoms with Gasteiger partial charge in [-0.25, -0.2) is 0 Å². The maximum atomic E-state index is 12.8. The molecular weight excluding hydrogens is 403 g/mol. The van der Waals surface area contributed by atoms with Crippen molar-refractivity contribution < 1.29 is 9.53 Å². The Morgan fingerprint density at radius 1 is 1.32 bits per heavy atom. The maximum absolute atomic E-state index is 12.8. The molecule has 2 atom stereocenters. The molecule has 0 aliphatic carbocycles. The van der Waals surface area contributed by atoms with Crippen molar-refractivity contribution >= 4 is 30.7 Å². The number of pyridine rings is 2. The van der Waals surface area contributed by atoms with Gasteiger partial charge in [0.1, 0.15) is 11.3 Å². The number of halogens is 2. The van der Waals surface area contributed by atoms with Crippen molar-refractivity contribution in [1.29, 1.82) is 0 Å². The number of ether oxygens (including phenoxy) is 1. The van der Waals surface area contributed by atoms with Crippen molar-refractivity contribution in [1.82, 2.24) is 20.2 Å². The zero-order valence-electron chi connectivity index (χ0n) is 15.5. The Balaban J connectivity index is 0.00000140. The van der Waals surface area contributed by atoms with Crippen molar-refractivity contribution in [3.05, 3.63) is 57.8 Å². The van der Waals surface area contributed by atoms with Gasteiger partial charge >= 0.3 is 0 Å². The highest BCUT2D eigenvalue weighted by Gasteiger charge is 2.31. The normalized spacial score (nSPS) is 19.5. The van der Waals surface area contributed by atoms with Crippen molar-refractivity contribution in [3.8, 4) is 5.75 Å². The number of aromatic nitrogens is 2. The lowest BCUT2D eigenvalue weighted by Gasteiger charge is -2.37. The van der Waals surface area contributed by atoms with Gasteiger partial charge in [0.05, 0.1) is 19.3 Å². The molecule has 9 heteroatoms. The maximum Gasteiger partial charge on any atom is 0.263 e. The monoisotopic (exact) mass is 426 g/mol. The van der Waals surface area contributed by atoms with Gasteiger partial charge in [0.2, 0.25) is 0 Å². The molecule has 2 bridgehead atoms. The largest absolute Gasteiger partial charge is 0.497 e. The average Bonchev–Trinajstić information content (AvgIpc) is 2.67. The van der Waals surface area contributed by atoms with E-state index in [1.807, 2.05) is 6.07 Å². The molecule has 0 unspecified atom stereocenters. The van der Waals surface area contributed by atoms with E-state index in [0.717, 1.165) is 25.2 Å². The topological polar surface area (TPSA) is 85.2 Å². The van der Waals surface area contributed by atoms with Crippen LogP contribution in [0.2, 0.25) is 0 Å². The van der Waals surface area contributed by atoms with Crippen LogP contribution >= 0.6 is 24.8 Å². The third-order valence-corrected chi connectivity index (χ3v) is 5.21. The van der Waals surface area contributed by atoms with E-state index in [4.69, 9.17) is 4.74 Å². The van der Waals surface area contributed by atoms with Crippen LogP contribution in [0.25, 0.3) is 0 Å². The number of nitrogens with zero attached hydrogens (tertiary/aromatic N) is 2. The van der Waals surface area contributed by atoms with Gasteiger partial charge in [-0.1, -0.05) is 0 Å². The predicted octanol–water partition coefficient (Wildman–Crippen LogP) is 1.73. The molecule has 2 aliphatic rings. The zero-order chi connectivity index (χ0) is 18.1. The minimum atomic E-state index is -0.372. The van der Waals surface area contributed by atoms with Crippen LogP contribution in [0.3, 0.4) is 0 Å². The fraction of sp³-hybridized carbons (Fsp3) is 0.421. The van der Waals surface area contributed by atoms with E-state index in [2.05, 4.69) is 15.6 Å². The van der Waals surface area contributed by atoms with Crippen LogP contribution < -0.4 is 20.9 Å². The molecule has 0 saturated carbocycles. The molecule has 152 valence electrons. The highest BCUT2D eigenvalue weighted by molar-refractivity contribution is 5.93. The Labute approximate surface area is 175 Å². The Kier molecular flexibility index (Phi) is 7.46. The second kappa shape index (κ2) is 9.41. The molecular formula is C19H24Cl2N4O3. The number of piperidine rings is 1. The average molecular weight is 427 g/mol. The summed E-state index contributed by atoms with van der Waals surface area (Å²) in [6.07, 6.45) is 2.74. The van der Waals surface area contributed by atoms with Crippen LogP contribution in [0.15, 0.2) is 35.3 Å². The molecule has 7 nitrogen and oxygen atoms in total. The quantitative estimate of drug-likeness (QED) is 0.777. The number of rotatable bonds is 4. The molecule has 2 aromatic rings. The van der Waals surface area contributed by atoms with Crippen LogP contribution in [-0.2, 0) is 13.1 Å². The number of fused-ring (bicyclic) bond motifs is 4. The fourth-order valence-electron chi connectivity index (χ4n) is 3.91. The summed E-state index contributed by atoms with van der Waals surface area (Å²) in [6.45, 7) is 2.74. The third-order valence-electron chi connectivity index (χ3n) is 5.21. The SMILES string of the molecule is COc1ccnc(CNC(=O)c2ccc3n(c2=O)C[C@@H]2CNC[C@H]3C2)c1.Cl.Cl. The van der Waals surface area contributed by atoms with Crippen molar-refractivity contribution in [2.24, 2.45) is 5.92 Å². The Hall–Kier alpha value is -2.09. The molecule has 0 aromatic carbocycles. The summed E-state index contributed by atoms with van der Waals surface area (Å²) in [5.74, 6) is 1.12. The van der Waals surface area contributed by atoms with Gasteiger partial charge in [0, 0.05) is 37.0 Å². The number of methoxy groups -OCH3 is 1. The minimum Gasteiger partial charge on any atom is -0.497 e. The molecule has 4 rings (SSSR count). The van der Waals surface area contributed by atoms with E-state index >= 15 is 0 Å². The molecule has 28 heavy (non-hydrogen) atoms. The molecule has 0 spiro atoms. The van der Waals surface area contributed by atoms with E-state index in [0.29, 0.717) is 29.8 Å². The number of carbonyl (C=O) groups excluding carboxylic acids is 1. The van der Waals surface area contributed by atoms with Crippen molar-refractivity contribution in [2.75, 3.05) is 20.2 Å². The number of carbonyl (C=O) groups is 1. The van der Waals surface area contributed by atoms with Gasteiger partial charge in [-0.3, -0.25) is 14.6 Å². The predicted molar refractivity (Wildman–Crippen MR) is 111 cm³/mol. The number of nitrogens with one attached hydrogen (secondary N) is 2. The van der Waals surface area contributed by atoms with Gasteiger partial charge < -0.3 is 19.9 Å². The van der Waals surface area contributed by atoms with Gasteiger partial charge in [0.15, 0.2) is 0 Å². The van der Waals surface area contributed by atoms with Crippen LogP contribution in [0, 0.1) is 5.92 Å². The van der Waals surface area contributed by atoms with Crippen LogP contribution in [-0.4, -0.2) is 35.7 Å². The first-order valence-electron chi connectivity index (χ1n) is 8.87. The Bertz CT molecular complexity index is 903. The van der Waals surface area contributed by atoms with E-state index in [1.54, 1.807) is 36.1 Å². The molecule has 2 aliphatic heterocycles. The number of hydrogen-bond acceptors (Lipinski definition) is 5. The van der Waals surface area contributed by atoms with Gasteiger partial charge in [-0.2, -0.15) is 0 Å². The Morgan fingerprint density at radius 2 is 2.14 bits per heavy atom. The molecule has 2 aromatic heterocycles. The summed E-state index contributed by atoms with van der Waals surface area (Å²) >= 11 is 0. The minimum absolute atomic E-state index is 0. The second-order valence-corrected chi connectivity index (χ2v) is 6.91. The fourth-order valence-corrected chi connectivity index (χ4v) is 3.91. The third kappa shape index (κ3) is 4.32. The molecule has 1 fully saturated rings. The summed E-state index contributed by atoms with van der Waals surface area (Å²) < 4.78 is 6.94. The summed E-state index contributed by atoms with van der Waals surface area (Å²) in [7, 11) is 1.58. The first-order valence-corrected chi connectivity index (χ1v) is 8.87. The first kappa shape index (κ1) is 22.2. The van der Waals surface area contributed by atoms with Gasteiger partial charge in [-0.15, -0.1) is 24.8 Å². The molecule has 2 N–H and O–H groups in total. The van der Waals surface area contributed by atoms with Crippen molar-refractivity contribution in [3.63, 3.8) is 0 Å². The molecule has 0 radical (unpaired) electrons. The summed E-state index contributed by atoms with van der Waals surface area (Å²) in [5.41, 5.74) is 1.70. The van der Waals surface area contributed by atoms with E-state index in [1.165, 1.54) is 0 Å². The standard InChI is InChI=1S/C19H22N4O3.2ClH/c1-26-15-4-5-21-14(7-15)10-22-18(24)16-2-3-17-13-6-12(8-20-9-13)11-23(17)19(16)25;;/h2-5,7,12-13,20H,6,8-11H2,1H3,(H,22,24);2*1H/t12-,13+;;/m0../s1. The molecule has 1 saturated heterocycles. The second-order valence-electron chi connectivity index (χ2n) is 6.91. The number of hydrogen-bond donors (Lipinski definition) is 2. The summed E-state index contributed by atoms with van der Waals surface area (Å²) in [4.78, 5) is 29.6. The zero-order valence-corrected chi connectivity index (χ0v) is 17.1. The lowest BCUT2D eigenvalue weighted by Crippen LogP contribution is -2.46. The van der Waals surface area contributed by atoms with E-state index in [-0.39, 0.29) is 48.4 Å². The highest BCUT2D eigenvalue weighted by atomic mass is 35.5. The first-order chi connectivity index (χ1) is 12.7. The molecule has 4 heterocycles. The van der Waals surface area contributed by atoms with Gasteiger partial charge in [-0.05, 0) is 37.1 Å². The van der Waals surface area contributed by atoms with E-state index < -0.39 is 0 Å². The van der Waals surface area contributed by atoms with Crippen LogP contribution in [0.1, 0.15) is 34.1 Å². The van der Waals surface area contributed by atoms with Crippen LogP contribution in [0.4, 0.5) is 0 Å².